The largest absolute Gasteiger partial charge is 0.480 e. The third-order valence-electron chi connectivity index (χ3n) is 1.16. The Hall–Kier alpha value is -0.0900. The van der Waals surface area contributed by atoms with E-state index in [0.29, 0.717) is 6.42 Å². The summed E-state index contributed by atoms with van der Waals surface area (Å²) in [4.78, 5) is 9.38. The van der Waals surface area contributed by atoms with Gasteiger partial charge >= 0.3 is 5.97 Å². The number of alkyl halides is 1. The first-order valence-electron chi connectivity index (χ1n) is 3.14. The van der Waals surface area contributed by atoms with Crippen LogP contribution in [0.5, 0.6) is 0 Å². The lowest BCUT2D eigenvalue weighted by Crippen LogP contribution is -2.27. The Morgan fingerprint density at radius 2 is 2.20 bits per heavy atom. The Kier molecular flexibility index (Phi) is 4.64. The number of carboxylic acids is 1. The predicted octanol–water partition coefficient (Wildman–Crippen LogP) is 0.996. The monoisotopic (exact) mass is 210 g/mol. The van der Waals surface area contributed by atoms with Crippen molar-refractivity contribution in [1.29, 1.82) is 0 Å². The number of carbonyl (C=O) groups is 1. The van der Waals surface area contributed by atoms with Gasteiger partial charge in [0.25, 0.3) is 0 Å². The van der Waals surface area contributed by atoms with E-state index in [-0.39, 0.29) is 0 Å². The average Bonchev–Trinajstić information content (AvgIpc) is 1.87. The second kappa shape index (κ2) is 4.68. The number of aliphatic carboxylic acids is 1. The summed E-state index contributed by atoms with van der Waals surface area (Å²) in [6, 6.07) is 0. The molecular weight excluding hydrogens is 200 g/mol. The molecule has 0 aliphatic rings. The van der Waals surface area contributed by atoms with Gasteiger partial charge in [0, 0.05) is 0 Å². The lowest BCUT2D eigenvalue weighted by Gasteiger charge is -2.11. The first-order chi connectivity index (χ1) is 4.59. The molecule has 0 aliphatic heterocycles. The van der Waals surface area contributed by atoms with Gasteiger partial charge in [0.05, 0.1) is 6.10 Å². The second-order valence-corrected chi connectivity index (χ2v) is 3.08. The molecule has 0 fully saturated rings. The molecule has 0 saturated carbocycles. The smallest absolute Gasteiger partial charge is 0.319 e. The van der Waals surface area contributed by atoms with Crippen molar-refractivity contribution < 1.29 is 15.0 Å². The molecule has 0 spiro atoms. The Morgan fingerprint density at radius 1 is 1.70 bits per heavy atom. The molecular formula is C6H11BrO3. The number of aliphatic hydroxyl groups is 1. The molecule has 0 radical (unpaired) electrons. The van der Waals surface area contributed by atoms with Crippen LogP contribution in [-0.2, 0) is 4.79 Å². The summed E-state index contributed by atoms with van der Waals surface area (Å²) in [7, 11) is 0. The van der Waals surface area contributed by atoms with Gasteiger partial charge in [-0.15, -0.1) is 0 Å². The maximum atomic E-state index is 10.2. The molecule has 0 rings (SSSR count). The van der Waals surface area contributed by atoms with E-state index in [1.165, 1.54) is 0 Å². The molecule has 0 heterocycles. The lowest BCUT2D eigenvalue weighted by atomic mass is 10.1. The number of hydrogen-bond donors (Lipinski definition) is 2. The molecule has 0 aliphatic carbocycles. The topological polar surface area (TPSA) is 57.5 Å². The predicted molar refractivity (Wildman–Crippen MR) is 41.3 cm³/mol. The molecule has 10 heavy (non-hydrogen) atoms. The highest BCUT2D eigenvalue weighted by molar-refractivity contribution is 9.10. The van der Waals surface area contributed by atoms with Crippen molar-refractivity contribution in [2.45, 2.75) is 30.7 Å². The minimum Gasteiger partial charge on any atom is -0.480 e. The Labute approximate surface area is 68.2 Å². The Morgan fingerprint density at radius 3 is 2.50 bits per heavy atom. The number of carboxylic acid groups (broad SMARTS) is 1. The minimum absolute atomic E-state index is 0.516. The highest BCUT2D eigenvalue weighted by Gasteiger charge is 2.21. The van der Waals surface area contributed by atoms with Crippen LogP contribution >= 0.6 is 15.9 Å². The molecule has 0 saturated heterocycles. The van der Waals surface area contributed by atoms with Gasteiger partial charge in [0.2, 0.25) is 0 Å². The maximum absolute atomic E-state index is 10.2. The molecule has 0 amide bonds. The Bertz CT molecular complexity index is 116. The molecule has 0 aromatic carbocycles. The van der Waals surface area contributed by atoms with Gasteiger partial charge in [-0.1, -0.05) is 29.3 Å². The zero-order valence-electron chi connectivity index (χ0n) is 5.75. The Balaban J connectivity index is 3.69. The van der Waals surface area contributed by atoms with E-state index >= 15 is 0 Å². The van der Waals surface area contributed by atoms with Crippen molar-refractivity contribution in [2.24, 2.45) is 0 Å². The summed E-state index contributed by atoms with van der Waals surface area (Å²) in [5.41, 5.74) is 0. The normalized spacial score (nSPS) is 16.3. The van der Waals surface area contributed by atoms with E-state index in [0.717, 1.165) is 6.42 Å². The molecule has 2 N–H and O–H groups in total. The van der Waals surface area contributed by atoms with E-state index in [1.54, 1.807) is 0 Å². The van der Waals surface area contributed by atoms with Gasteiger partial charge in [0.1, 0.15) is 4.83 Å². The quantitative estimate of drug-likeness (QED) is 0.682. The zero-order chi connectivity index (χ0) is 8.15. The summed E-state index contributed by atoms with van der Waals surface area (Å²) in [5, 5.41) is 17.4. The average molecular weight is 211 g/mol. The van der Waals surface area contributed by atoms with Crippen LogP contribution in [0.3, 0.4) is 0 Å². The van der Waals surface area contributed by atoms with Crippen LogP contribution in [0.4, 0.5) is 0 Å². The van der Waals surface area contributed by atoms with Gasteiger partial charge in [-0.3, -0.25) is 4.79 Å². The SMILES string of the molecule is CCC[C@@H](O)[C@@H](Br)C(=O)O. The fraction of sp³-hybridized carbons (Fsp3) is 0.833. The maximum Gasteiger partial charge on any atom is 0.319 e. The van der Waals surface area contributed by atoms with Crippen molar-refractivity contribution in [1.82, 2.24) is 0 Å². The van der Waals surface area contributed by atoms with Gasteiger partial charge in [0.15, 0.2) is 0 Å². The molecule has 2 atom stereocenters. The van der Waals surface area contributed by atoms with Gasteiger partial charge in [-0.05, 0) is 6.42 Å². The summed E-state index contributed by atoms with van der Waals surface area (Å²) in [6.07, 6.45) is 0.529. The van der Waals surface area contributed by atoms with Crippen LogP contribution in [0.15, 0.2) is 0 Å². The standard InChI is InChI=1S/C6H11BrO3/c1-2-3-4(8)5(7)6(9)10/h4-5,8H,2-3H2,1H3,(H,9,10)/t4-,5-/m1/s1. The molecule has 0 aromatic rings. The molecule has 60 valence electrons. The first-order valence-corrected chi connectivity index (χ1v) is 4.06. The highest BCUT2D eigenvalue weighted by atomic mass is 79.9. The molecule has 0 unspecified atom stereocenters. The highest BCUT2D eigenvalue weighted by Crippen LogP contribution is 2.10. The lowest BCUT2D eigenvalue weighted by molar-refractivity contribution is -0.138. The van der Waals surface area contributed by atoms with Crippen LogP contribution in [0.25, 0.3) is 0 Å². The number of halogens is 1. The van der Waals surface area contributed by atoms with Crippen molar-refractivity contribution in [3.8, 4) is 0 Å². The number of rotatable bonds is 4. The zero-order valence-corrected chi connectivity index (χ0v) is 7.34. The van der Waals surface area contributed by atoms with Gasteiger partial charge in [-0.2, -0.15) is 0 Å². The van der Waals surface area contributed by atoms with Crippen LogP contribution in [-0.4, -0.2) is 27.1 Å². The van der Waals surface area contributed by atoms with E-state index in [2.05, 4.69) is 15.9 Å². The third-order valence-corrected chi connectivity index (χ3v) is 2.16. The van der Waals surface area contributed by atoms with Crippen molar-refractivity contribution in [2.75, 3.05) is 0 Å². The third kappa shape index (κ3) is 3.17. The van der Waals surface area contributed by atoms with E-state index in [4.69, 9.17) is 10.2 Å². The van der Waals surface area contributed by atoms with Crippen molar-refractivity contribution >= 4 is 21.9 Å². The summed E-state index contributed by atoms with van der Waals surface area (Å²) >= 11 is 2.86. The van der Waals surface area contributed by atoms with Crippen molar-refractivity contribution in [3.63, 3.8) is 0 Å². The van der Waals surface area contributed by atoms with E-state index in [1.807, 2.05) is 6.92 Å². The minimum atomic E-state index is -1.01. The first kappa shape index (κ1) is 9.91. The number of hydrogen-bond acceptors (Lipinski definition) is 2. The van der Waals surface area contributed by atoms with Gasteiger partial charge < -0.3 is 10.2 Å². The van der Waals surface area contributed by atoms with Crippen LogP contribution in [0.1, 0.15) is 19.8 Å². The molecule has 4 heteroatoms. The summed E-state index contributed by atoms with van der Waals surface area (Å²) in [6.45, 7) is 1.89. The van der Waals surface area contributed by atoms with Crippen molar-refractivity contribution in [3.05, 3.63) is 0 Å². The van der Waals surface area contributed by atoms with Crippen LogP contribution in [0, 0.1) is 0 Å². The number of aliphatic hydroxyl groups excluding tert-OH is 1. The fourth-order valence-corrected chi connectivity index (χ4v) is 0.871. The summed E-state index contributed by atoms with van der Waals surface area (Å²) in [5.74, 6) is -1.01. The van der Waals surface area contributed by atoms with Crippen LogP contribution in [0.2, 0.25) is 0 Å². The summed E-state index contributed by atoms with van der Waals surface area (Å²) < 4.78 is 0. The fourth-order valence-electron chi connectivity index (χ4n) is 0.607. The molecule has 3 nitrogen and oxygen atoms in total. The van der Waals surface area contributed by atoms with E-state index in [9.17, 15) is 4.79 Å². The van der Waals surface area contributed by atoms with Gasteiger partial charge in [-0.25, -0.2) is 0 Å². The second-order valence-electron chi connectivity index (χ2n) is 2.10. The van der Waals surface area contributed by atoms with E-state index < -0.39 is 16.9 Å². The molecule has 0 bridgehead atoms. The van der Waals surface area contributed by atoms with Crippen LogP contribution < -0.4 is 0 Å². The molecule has 0 aromatic heterocycles.